The Kier molecular flexibility index (Phi) is 5.67. The van der Waals surface area contributed by atoms with E-state index in [9.17, 15) is 4.79 Å². The van der Waals surface area contributed by atoms with Crippen LogP contribution in [0.1, 0.15) is 37.7 Å². The predicted octanol–water partition coefficient (Wildman–Crippen LogP) is 3.83. The number of anilines is 1. The Morgan fingerprint density at radius 1 is 1.11 bits per heavy atom. The molecule has 1 heterocycles. The largest absolute Gasteiger partial charge is 0.324 e. The summed E-state index contributed by atoms with van der Waals surface area (Å²) < 4.78 is 1.64. The second kappa shape index (κ2) is 8.52. The third kappa shape index (κ3) is 4.22. The van der Waals surface area contributed by atoms with Gasteiger partial charge in [0.25, 0.3) is 0 Å². The maximum atomic E-state index is 12.6. The molecule has 1 aliphatic carbocycles. The first-order valence-corrected chi connectivity index (χ1v) is 10.1. The minimum Gasteiger partial charge on any atom is -0.324 e. The molecule has 1 saturated carbocycles. The first-order valence-electron chi connectivity index (χ1n) is 10.1. The van der Waals surface area contributed by atoms with Gasteiger partial charge in [0.15, 0.2) is 0 Å². The summed E-state index contributed by atoms with van der Waals surface area (Å²) in [6.45, 7) is 0.987. The fourth-order valence-electron chi connectivity index (χ4n) is 4.06. The number of nitrogens with one attached hydrogen (secondary N) is 1. The maximum Gasteiger partial charge on any atom is 0.246 e. The summed E-state index contributed by atoms with van der Waals surface area (Å²) >= 11 is 0. The summed E-state index contributed by atoms with van der Waals surface area (Å²) in [5, 5.41) is 11.3. The highest BCUT2D eigenvalue weighted by Crippen LogP contribution is 2.25. The van der Waals surface area contributed by atoms with Crippen molar-refractivity contribution in [3.8, 4) is 0 Å². The van der Waals surface area contributed by atoms with Crippen molar-refractivity contribution in [2.45, 2.75) is 51.2 Å². The second-order valence-corrected chi connectivity index (χ2v) is 7.65. The van der Waals surface area contributed by atoms with Crippen LogP contribution < -0.4 is 5.32 Å². The molecular weight excluding hydrogens is 350 g/mol. The number of benzene rings is 2. The molecular formula is C22H27N5O. The van der Waals surface area contributed by atoms with Gasteiger partial charge in [-0.3, -0.25) is 9.69 Å². The predicted molar refractivity (Wildman–Crippen MR) is 111 cm³/mol. The number of hydrogen-bond donors (Lipinski definition) is 1. The van der Waals surface area contributed by atoms with Gasteiger partial charge in [0.1, 0.15) is 12.1 Å². The third-order valence-corrected chi connectivity index (χ3v) is 5.62. The number of aromatic nitrogens is 3. The number of fused-ring (bicyclic) bond motifs is 1. The van der Waals surface area contributed by atoms with Crippen molar-refractivity contribution in [3.63, 3.8) is 0 Å². The molecule has 0 radical (unpaired) electrons. The van der Waals surface area contributed by atoms with E-state index in [0.717, 1.165) is 28.8 Å². The number of carbonyl (C=O) groups excluding carboxylic acids is 1. The van der Waals surface area contributed by atoms with Gasteiger partial charge in [-0.15, -0.1) is 5.10 Å². The fraction of sp³-hybridized carbons (Fsp3) is 0.409. The number of amides is 1. The van der Waals surface area contributed by atoms with Gasteiger partial charge in [-0.25, -0.2) is 4.68 Å². The molecule has 6 nitrogen and oxygen atoms in total. The Hall–Kier alpha value is -2.73. The highest BCUT2D eigenvalue weighted by atomic mass is 16.2. The Morgan fingerprint density at radius 3 is 2.71 bits per heavy atom. The molecule has 28 heavy (non-hydrogen) atoms. The van der Waals surface area contributed by atoms with E-state index in [1.807, 2.05) is 42.5 Å². The van der Waals surface area contributed by atoms with E-state index in [0.29, 0.717) is 6.04 Å². The summed E-state index contributed by atoms with van der Waals surface area (Å²) in [6.07, 6.45) is 6.53. The van der Waals surface area contributed by atoms with Gasteiger partial charge < -0.3 is 5.32 Å². The average Bonchev–Trinajstić information content (AvgIpc) is 3.13. The van der Waals surface area contributed by atoms with Crippen molar-refractivity contribution >= 4 is 22.6 Å². The number of nitrogens with zero attached hydrogens (tertiary/aromatic N) is 4. The van der Waals surface area contributed by atoms with E-state index >= 15 is 0 Å². The highest BCUT2D eigenvalue weighted by Gasteiger charge is 2.19. The summed E-state index contributed by atoms with van der Waals surface area (Å²) in [7, 11) is 2.19. The van der Waals surface area contributed by atoms with Crippen LogP contribution in [0.25, 0.3) is 11.0 Å². The minimum absolute atomic E-state index is 0.0941. The van der Waals surface area contributed by atoms with E-state index in [2.05, 4.69) is 33.6 Å². The number of carbonyl (C=O) groups is 1. The average molecular weight is 377 g/mol. The SMILES string of the molecule is CN(Cc1ccccc1NC(=O)Cn1nnc2ccccc21)C1CCCCC1. The molecule has 0 atom stereocenters. The minimum atomic E-state index is -0.0941. The first kappa shape index (κ1) is 18.6. The molecule has 0 bridgehead atoms. The third-order valence-electron chi connectivity index (χ3n) is 5.62. The van der Waals surface area contributed by atoms with Crippen molar-refractivity contribution in [2.24, 2.45) is 0 Å². The number of hydrogen-bond acceptors (Lipinski definition) is 4. The van der Waals surface area contributed by atoms with Gasteiger partial charge in [-0.2, -0.15) is 0 Å². The molecule has 1 aromatic heterocycles. The summed E-state index contributed by atoms with van der Waals surface area (Å²) in [4.78, 5) is 15.1. The summed E-state index contributed by atoms with van der Waals surface area (Å²) in [6, 6.07) is 16.4. The monoisotopic (exact) mass is 377 g/mol. The van der Waals surface area contributed by atoms with Gasteiger partial charge in [0.05, 0.1) is 5.52 Å². The molecule has 0 unspecified atom stereocenters. The highest BCUT2D eigenvalue weighted by molar-refractivity contribution is 5.92. The first-order chi connectivity index (χ1) is 13.7. The molecule has 4 rings (SSSR count). The Labute approximate surface area is 165 Å². The molecule has 6 heteroatoms. The summed E-state index contributed by atoms with van der Waals surface area (Å²) in [5.41, 5.74) is 3.68. The number of para-hydroxylation sites is 2. The Balaban J connectivity index is 1.43. The molecule has 1 aliphatic rings. The molecule has 2 aromatic carbocycles. The smallest absolute Gasteiger partial charge is 0.246 e. The lowest BCUT2D eigenvalue weighted by Gasteiger charge is -2.31. The lowest BCUT2D eigenvalue weighted by atomic mass is 9.94. The van der Waals surface area contributed by atoms with Crippen LogP contribution in [0.15, 0.2) is 48.5 Å². The molecule has 1 fully saturated rings. The van der Waals surface area contributed by atoms with Crippen LogP contribution in [0.3, 0.4) is 0 Å². The van der Waals surface area contributed by atoms with Crippen LogP contribution >= 0.6 is 0 Å². The molecule has 0 spiro atoms. The van der Waals surface area contributed by atoms with Gasteiger partial charge in [-0.05, 0) is 43.7 Å². The van der Waals surface area contributed by atoms with Crippen molar-refractivity contribution in [1.82, 2.24) is 19.9 Å². The van der Waals surface area contributed by atoms with Crippen LogP contribution in [0, 0.1) is 0 Å². The standard InChI is InChI=1S/C22H27N5O/c1-26(18-10-3-2-4-11-18)15-17-9-5-6-12-19(17)23-22(28)16-27-21-14-8-7-13-20(21)24-25-27/h5-9,12-14,18H,2-4,10-11,15-16H2,1H3,(H,23,28). The molecule has 1 N–H and O–H groups in total. The zero-order valence-electron chi connectivity index (χ0n) is 16.3. The van der Waals surface area contributed by atoms with Crippen molar-refractivity contribution in [1.29, 1.82) is 0 Å². The van der Waals surface area contributed by atoms with Crippen molar-refractivity contribution < 1.29 is 4.79 Å². The van der Waals surface area contributed by atoms with Crippen molar-refractivity contribution in [2.75, 3.05) is 12.4 Å². The van der Waals surface area contributed by atoms with E-state index in [4.69, 9.17) is 0 Å². The number of rotatable bonds is 6. The van der Waals surface area contributed by atoms with Gasteiger partial charge in [-0.1, -0.05) is 54.8 Å². The fourth-order valence-corrected chi connectivity index (χ4v) is 4.06. The van der Waals surface area contributed by atoms with Crippen LogP contribution in [-0.4, -0.2) is 38.9 Å². The second-order valence-electron chi connectivity index (χ2n) is 7.65. The van der Waals surface area contributed by atoms with E-state index in [-0.39, 0.29) is 12.5 Å². The topological polar surface area (TPSA) is 63.1 Å². The molecule has 146 valence electrons. The lowest BCUT2D eigenvalue weighted by Crippen LogP contribution is -2.33. The maximum absolute atomic E-state index is 12.6. The lowest BCUT2D eigenvalue weighted by molar-refractivity contribution is -0.116. The molecule has 0 saturated heterocycles. The van der Waals surface area contributed by atoms with E-state index in [1.54, 1.807) is 4.68 Å². The van der Waals surface area contributed by atoms with Gasteiger partial charge >= 0.3 is 0 Å². The normalized spacial score (nSPS) is 15.2. The summed E-state index contributed by atoms with van der Waals surface area (Å²) in [5.74, 6) is -0.0941. The van der Waals surface area contributed by atoms with Crippen molar-refractivity contribution in [3.05, 3.63) is 54.1 Å². The Bertz CT molecular complexity index is 945. The molecule has 1 amide bonds. The van der Waals surface area contributed by atoms with Crippen LogP contribution in [0.5, 0.6) is 0 Å². The van der Waals surface area contributed by atoms with Crippen LogP contribution in [0.4, 0.5) is 5.69 Å². The van der Waals surface area contributed by atoms with E-state index < -0.39 is 0 Å². The molecule has 0 aliphatic heterocycles. The van der Waals surface area contributed by atoms with E-state index in [1.165, 1.54) is 32.1 Å². The zero-order chi connectivity index (χ0) is 19.3. The van der Waals surface area contributed by atoms with Crippen LogP contribution in [-0.2, 0) is 17.9 Å². The van der Waals surface area contributed by atoms with Crippen LogP contribution in [0.2, 0.25) is 0 Å². The zero-order valence-corrected chi connectivity index (χ0v) is 16.3. The Morgan fingerprint density at radius 2 is 1.86 bits per heavy atom. The quantitative estimate of drug-likeness (QED) is 0.709. The molecule has 3 aromatic rings. The van der Waals surface area contributed by atoms with Gasteiger partial charge in [0, 0.05) is 18.3 Å². The van der Waals surface area contributed by atoms with Gasteiger partial charge in [0.2, 0.25) is 5.91 Å².